The summed E-state index contributed by atoms with van der Waals surface area (Å²) in [6, 6.07) is 3.49. The van der Waals surface area contributed by atoms with Gasteiger partial charge in [0.15, 0.2) is 22.2 Å². The number of aromatic nitrogens is 2. The van der Waals surface area contributed by atoms with E-state index in [1.807, 2.05) is 0 Å². The highest BCUT2D eigenvalue weighted by atomic mass is 32.1. The van der Waals surface area contributed by atoms with Crippen LogP contribution in [0.1, 0.15) is 5.69 Å². The van der Waals surface area contributed by atoms with E-state index in [0.29, 0.717) is 5.69 Å². The zero-order valence-electron chi connectivity index (χ0n) is 8.72. The SMILES string of the molecule is Cc1cc(-c2ccc(F)c(F)c2F)nc(=S)[nH]1. The van der Waals surface area contributed by atoms with Crippen LogP contribution in [0.2, 0.25) is 0 Å². The average Bonchev–Trinajstić information content (AvgIpc) is 2.24. The molecular formula is C11H7F3N2S. The first-order chi connectivity index (χ1) is 7.99. The quantitative estimate of drug-likeness (QED) is 0.624. The van der Waals surface area contributed by atoms with Crippen molar-refractivity contribution in [2.45, 2.75) is 6.92 Å². The van der Waals surface area contributed by atoms with Gasteiger partial charge >= 0.3 is 0 Å². The third-order valence-electron chi connectivity index (χ3n) is 2.19. The Kier molecular flexibility index (Phi) is 2.97. The van der Waals surface area contributed by atoms with E-state index >= 15 is 0 Å². The van der Waals surface area contributed by atoms with Crippen molar-refractivity contribution in [2.75, 3.05) is 0 Å². The second kappa shape index (κ2) is 4.29. The number of aryl methyl sites for hydroxylation is 1. The number of nitrogens with one attached hydrogen (secondary N) is 1. The standard InChI is InChI=1S/C11H7F3N2S/c1-5-4-8(16-11(17)15-5)6-2-3-7(12)10(14)9(6)13/h2-4H,1H3,(H,15,16,17). The Labute approximate surface area is 100 Å². The molecular weight excluding hydrogens is 249 g/mol. The molecule has 88 valence electrons. The van der Waals surface area contributed by atoms with Gasteiger partial charge in [-0.25, -0.2) is 18.2 Å². The summed E-state index contributed by atoms with van der Waals surface area (Å²) in [4.78, 5) is 6.61. The second-order valence-electron chi connectivity index (χ2n) is 3.48. The summed E-state index contributed by atoms with van der Waals surface area (Å²) < 4.78 is 39.5. The van der Waals surface area contributed by atoms with Gasteiger partial charge in [-0.2, -0.15) is 0 Å². The van der Waals surface area contributed by atoms with E-state index in [1.165, 1.54) is 6.07 Å². The molecule has 1 N–H and O–H groups in total. The van der Waals surface area contributed by atoms with Crippen LogP contribution in [0.5, 0.6) is 0 Å². The van der Waals surface area contributed by atoms with E-state index in [-0.39, 0.29) is 16.0 Å². The monoisotopic (exact) mass is 256 g/mol. The molecule has 17 heavy (non-hydrogen) atoms. The lowest BCUT2D eigenvalue weighted by Gasteiger charge is -2.05. The highest BCUT2D eigenvalue weighted by molar-refractivity contribution is 7.71. The van der Waals surface area contributed by atoms with Crippen LogP contribution in [-0.4, -0.2) is 9.97 Å². The van der Waals surface area contributed by atoms with Crippen molar-refractivity contribution in [3.8, 4) is 11.3 Å². The van der Waals surface area contributed by atoms with Crippen LogP contribution in [0, 0.1) is 29.1 Å². The second-order valence-corrected chi connectivity index (χ2v) is 3.86. The lowest BCUT2D eigenvalue weighted by molar-refractivity contribution is 0.449. The minimum absolute atomic E-state index is 0.118. The van der Waals surface area contributed by atoms with Crippen molar-refractivity contribution in [2.24, 2.45) is 0 Å². The van der Waals surface area contributed by atoms with Crippen LogP contribution >= 0.6 is 12.2 Å². The van der Waals surface area contributed by atoms with E-state index in [9.17, 15) is 13.2 Å². The molecule has 6 heteroatoms. The fourth-order valence-corrected chi connectivity index (χ4v) is 1.70. The first kappa shape index (κ1) is 11.8. The summed E-state index contributed by atoms with van der Waals surface area (Å²) in [5.41, 5.74) is 0.707. The van der Waals surface area contributed by atoms with Gasteiger partial charge in [0.25, 0.3) is 0 Å². The highest BCUT2D eigenvalue weighted by Gasteiger charge is 2.15. The van der Waals surface area contributed by atoms with Gasteiger partial charge < -0.3 is 4.98 Å². The van der Waals surface area contributed by atoms with Crippen molar-refractivity contribution in [1.29, 1.82) is 0 Å². The predicted molar refractivity (Wildman–Crippen MR) is 59.5 cm³/mol. The van der Waals surface area contributed by atoms with Gasteiger partial charge in [0.05, 0.1) is 5.69 Å². The third kappa shape index (κ3) is 2.21. The number of rotatable bonds is 1. The topological polar surface area (TPSA) is 28.7 Å². The number of nitrogens with zero attached hydrogens (tertiary/aromatic N) is 1. The minimum Gasteiger partial charge on any atom is -0.335 e. The Bertz CT molecular complexity index is 637. The maximum absolute atomic E-state index is 13.5. The van der Waals surface area contributed by atoms with Gasteiger partial charge in [0.2, 0.25) is 0 Å². The number of benzene rings is 1. The van der Waals surface area contributed by atoms with Gasteiger partial charge in [-0.1, -0.05) is 0 Å². The Hall–Kier alpha value is -1.69. The third-order valence-corrected chi connectivity index (χ3v) is 2.38. The summed E-state index contributed by atoms with van der Waals surface area (Å²) >= 11 is 4.83. The van der Waals surface area contributed by atoms with Crippen LogP contribution < -0.4 is 0 Å². The molecule has 0 bridgehead atoms. The summed E-state index contributed by atoms with van der Waals surface area (Å²) in [7, 11) is 0. The fraction of sp³-hybridized carbons (Fsp3) is 0.0909. The molecule has 0 atom stereocenters. The van der Waals surface area contributed by atoms with Gasteiger partial charge in [-0.3, -0.25) is 0 Å². The van der Waals surface area contributed by atoms with Crippen molar-refractivity contribution in [3.05, 3.63) is 46.1 Å². The average molecular weight is 256 g/mol. The van der Waals surface area contributed by atoms with Crippen LogP contribution in [-0.2, 0) is 0 Å². The first-order valence-corrected chi connectivity index (χ1v) is 5.11. The lowest BCUT2D eigenvalue weighted by Crippen LogP contribution is -1.97. The Morgan fingerprint density at radius 1 is 1.18 bits per heavy atom. The van der Waals surface area contributed by atoms with Crippen molar-refractivity contribution < 1.29 is 13.2 Å². The van der Waals surface area contributed by atoms with E-state index < -0.39 is 17.5 Å². The van der Waals surface area contributed by atoms with Gasteiger partial charge in [0.1, 0.15) is 0 Å². The number of halogens is 3. The number of hydrogen-bond acceptors (Lipinski definition) is 2. The van der Waals surface area contributed by atoms with E-state index in [4.69, 9.17) is 12.2 Å². The number of aromatic amines is 1. The van der Waals surface area contributed by atoms with Crippen molar-refractivity contribution in [1.82, 2.24) is 9.97 Å². The molecule has 2 rings (SSSR count). The molecule has 1 aromatic heterocycles. The molecule has 0 radical (unpaired) electrons. The van der Waals surface area contributed by atoms with Crippen molar-refractivity contribution in [3.63, 3.8) is 0 Å². The van der Waals surface area contributed by atoms with Crippen LogP contribution in [0.25, 0.3) is 11.3 Å². The summed E-state index contributed by atoms with van der Waals surface area (Å²) in [6.45, 7) is 1.71. The molecule has 1 heterocycles. The molecule has 0 saturated carbocycles. The molecule has 0 unspecified atom stereocenters. The predicted octanol–water partition coefficient (Wildman–Crippen LogP) is 3.53. The van der Waals surface area contributed by atoms with Crippen LogP contribution in [0.4, 0.5) is 13.2 Å². The Balaban J connectivity index is 2.69. The normalized spacial score (nSPS) is 10.6. The van der Waals surface area contributed by atoms with E-state index in [1.54, 1.807) is 6.92 Å². The zero-order chi connectivity index (χ0) is 12.6. The molecule has 1 aromatic carbocycles. The highest BCUT2D eigenvalue weighted by Crippen LogP contribution is 2.24. The van der Waals surface area contributed by atoms with Crippen LogP contribution in [0.15, 0.2) is 18.2 Å². The molecule has 0 saturated heterocycles. The van der Waals surface area contributed by atoms with Gasteiger partial charge in [0, 0.05) is 11.3 Å². The number of hydrogen-bond donors (Lipinski definition) is 1. The van der Waals surface area contributed by atoms with Crippen LogP contribution in [0.3, 0.4) is 0 Å². The molecule has 0 fully saturated rings. The largest absolute Gasteiger partial charge is 0.335 e. The zero-order valence-corrected chi connectivity index (χ0v) is 9.54. The smallest absolute Gasteiger partial charge is 0.197 e. The molecule has 0 aliphatic heterocycles. The molecule has 2 aromatic rings. The summed E-state index contributed by atoms with van der Waals surface area (Å²) in [5, 5.41) is 0. The maximum atomic E-state index is 13.5. The van der Waals surface area contributed by atoms with Crippen molar-refractivity contribution >= 4 is 12.2 Å². The summed E-state index contributed by atoms with van der Waals surface area (Å²) in [6.07, 6.45) is 0. The first-order valence-electron chi connectivity index (χ1n) is 4.71. The molecule has 0 aliphatic rings. The fourth-order valence-electron chi connectivity index (χ4n) is 1.44. The lowest BCUT2D eigenvalue weighted by atomic mass is 10.1. The molecule has 0 aliphatic carbocycles. The molecule has 0 spiro atoms. The Morgan fingerprint density at radius 2 is 1.88 bits per heavy atom. The maximum Gasteiger partial charge on any atom is 0.197 e. The molecule has 0 amide bonds. The summed E-state index contributed by atoms with van der Waals surface area (Å²) in [5.74, 6) is -4.01. The Morgan fingerprint density at radius 3 is 2.53 bits per heavy atom. The van der Waals surface area contributed by atoms with Gasteiger partial charge in [-0.15, -0.1) is 0 Å². The molecule has 2 nitrogen and oxygen atoms in total. The minimum atomic E-state index is -1.51. The number of H-pyrrole nitrogens is 1. The van der Waals surface area contributed by atoms with Gasteiger partial charge in [-0.05, 0) is 37.3 Å². The van der Waals surface area contributed by atoms with E-state index in [2.05, 4.69) is 9.97 Å². The van der Waals surface area contributed by atoms with E-state index in [0.717, 1.165) is 12.1 Å².